The number of hydrogen-bond acceptors (Lipinski definition) is 1. The van der Waals surface area contributed by atoms with Gasteiger partial charge in [-0.3, -0.25) is 4.79 Å². The molecule has 0 saturated heterocycles. The van der Waals surface area contributed by atoms with E-state index in [1.165, 1.54) is 6.07 Å². The molecule has 1 N–H and O–H groups in total. The zero-order valence-electron chi connectivity index (χ0n) is 9.77. The summed E-state index contributed by atoms with van der Waals surface area (Å²) >= 11 is 0. The van der Waals surface area contributed by atoms with Crippen LogP contribution in [0.3, 0.4) is 0 Å². The molecule has 0 spiro atoms. The fourth-order valence-corrected chi connectivity index (χ4v) is 1.03. The van der Waals surface area contributed by atoms with Gasteiger partial charge in [-0.25, -0.2) is 0 Å². The van der Waals surface area contributed by atoms with Crippen molar-refractivity contribution < 1.29 is 18.0 Å². The average Bonchev–Trinajstić information content (AvgIpc) is 2.15. The third-order valence-electron chi connectivity index (χ3n) is 2.06. The Kier molecular flexibility index (Phi) is 3.50. The first-order valence-corrected chi connectivity index (χ1v) is 5.00. The van der Waals surface area contributed by atoms with E-state index in [9.17, 15) is 18.0 Å². The summed E-state index contributed by atoms with van der Waals surface area (Å²) in [5, 5.41) is 2.42. The van der Waals surface area contributed by atoms with Crippen molar-refractivity contribution in [2.45, 2.75) is 26.9 Å². The Labute approximate surface area is 97.8 Å². The summed E-state index contributed by atoms with van der Waals surface area (Å²) in [6.45, 7) is 5.04. The molecule has 1 aromatic carbocycles. The Hall–Kier alpha value is -1.52. The number of hydrogen-bond donors (Lipinski definition) is 1. The molecular formula is C12H13F3NO. The van der Waals surface area contributed by atoms with Crippen LogP contribution in [0, 0.1) is 11.5 Å². The van der Waals surface area contributed by atoms with Crippen molar-refractivity contribution in [1.29, 1.82) is 0 Å². The molecular weight excluding hydrogens is 231 g/mol. The first-order valence-electron chi connectivity index (χ1n) is 5.00. The van der Waals surface area contributed by atoms with Gasteiger partial charge >= 0.3 is 6.18 Å². The van der Waals surface area contributed by atoms with Gasteiger partial charge in [0.05, 0.1) is 5.56 Å². The fourth-order valence-electron chi connectivity index (χ4n) is 1.03. The van der Waals surface area contributed by atoms with E-state index in [4.69, 9.17) is 0 Å². The molecule has 17 heavy (non-hydrogen) atoms. The smallest absolute Gasteiger partial charge is 0.326 e. The Bertz CT molecular complexity index is 418. The van der Waals surface area contributed by atoms with Gasteiger partial charge in [-0.15, -0.1) is 0 Å². The van der Waals surface area contributed by atoms with Gasteiger partial charge in [-0.2, -0.15) is 13.2 Å². The van der Waals surface area contributed by atoms with Crippen molar-refractivity contribution in [3.8, 4) is 0 Å². The van der Waals surface area contributed by atoms with Crippen LogP contribution in [0.15, 0.2) is 18.2 Å². The molecule has 0 aromatic heterocycles. The van der Waals surface area contributed by atoms with Crippen LogP contribution in [0.25, 0.3) is 0 Å². The molecule has 0 heterocycles. The Balaban J connectivity index is 2.91. The molecule has 1 radical (unpaired) electrons. The van der Waals surface area contributed by atoms with Crippen LogP contribution in [0.5, 0.6) is 0 Å². The molecule has 0 unspecified atom stereocenters. The SMILES string of the molecule is CC(C)(C)C(=O)Nc1c[c]cc(C(F)(F)F)c1. The van der Waals surface area contributed by atoms with Crippen LogP contribution < -0.4 is 5.32 Å². The van der Waals surface area contributed by atoms with Crippen LogP contribution in [-0.4, -0.2) is 5.91 Å². The topological polar surface area (TPSA) is 29.1 Å². The quantitative estimate of drug-likeness (QED) is 0.805. The minimum absolute atomic E-state index is 0.0970. The minimum Gasteiger partial charge on any atom is -0.326 e. The zero-order valence-corrected chi connectivity index (χ0v) is 9.77. The van der Waals surface area contributed by atoms with Crippen molar-refractivity contribution in [1.82, 2.24) is 0 Å². The lowest BCUT2D eigenvalue weighted by molar-refractivity contribution is -0.137. The summed E-state index contributed by atoms with van der Waals surface area (Å²) < 4.78 is 37.2. The van der Waals surface area contributed by atoms with Crippen molar-refractivity contribution >= 4 is 11.6 Å². The normalized spacial score (nSPS) is 12.4. The van der Waals surface area contributed by atoms with E-state index in [2.05, 4.69) is 11.4 Å². The predicted octanol–water partition coefficient (Wildman–Crippen LogP) is 3.49. The summed E-state index contributed by atoms with van der Waals surface area (Å²) in [7, 11) is 0. The maximum Gasteiger partial charge on any atom is 0.416 e. The summed E-state index contributed by atoms with van der Waals surface area (Å²) in [4.78, 5) is 11.6. The molecule has 2 nitrogen and oxygen atoms in total. The van der Waals surface area contributed by atoms with Gasteiger partial charge < -0.3 is 5.32 Å². The first kappa shape index (κ1) is 13.5. The van der Waals surface area contributed by atoms with Crippen molar-refractivity contribution in [3.05, 3.63) is 29.8 Å². The number of anilines is 1. The fraction of sp³-hybridized carbons (Fsp3) is 0.417. The second kappa shape index (κ2) is 4.39. The Morgan fingerprint density at radius 3 is 2.29 bits per heavy atom. The van der Waals surface area contributed by atoms with E-state index in [1.54, 1.807) is 20.8 Å². The number of rotatable bonds is 1. The van der Waals surface area contributed by atoms with E-state index in [-0.39, 0.29) is 11.6 Å². The number of carbonyl (C=O) groups excluding carboxylic acids is 1. The van der Waals surface area contributed by atoms with Gasteiger partial charge in [-0.05, 0) is 24.3 Å². The van der Waals surface area contributed by atoms with Crippen molar-refractivity contribution in [2.75, 3.05) is 5.32 Å². The standard InChI is InChI=1S/C12H13F3NO/c1-11(2,3)10(17)16-9-6-4-5-8(7-9)12(13,14)15/h5-7H,1-3H3,(H,16,17). The van der Waals surface area contributed by atoms with Crippen molar-refractivity contribution in [2.24, 2.45) is 5.41 Å². The maximum atomic E-state index is 12.4. The van der Waals surface area contributed by atoms with E-state index in [0.717, 1.165) is 12.1 Å². The summed E-state index contributed by atoms with van der Waals surface area (Å²) in [5.74, 6) is -0.342. The summed E-state index contributed by atoms with van der Waals surface area (Å²) in [6, 6.07) is 5.39. The number of nitrogens with one attached hydrogen (secondary N) is 1. The average molecular weight is 244 g/mol. The number of amides is 1. The minimum atomic E-state index is -4.43. The predicted molar refractivity (Wildman–Crippen MR) is 58.4 cm³/mol. The number of halogens is 3. The Morgan fingerprint density at radius 1 is 1.24 bits per heavy atom. The van der Waals surface area contributed by atoms with Gasteiger partial charge in [0, 0.05) is 11.1 Å². The largest absolute Gasteiger partial charge is 0.416 e. The number of carbonyl (C=O) groups is 1. The van der Waals surface area contributed by atoms with E-state index >= 15 is 0 Å². The zero-order chi connectivity index (χ0) is 13.3. The molecule has 5 heteroatoms. The van der Waals surface area contributed by atoms with E-state index < -0.39 is 17.2 Å². The van der Waals surface area contributed by atoms with E-state index in [0.29, 0.717) is 0 Å². The number of benzene rings is 1. The van der Waals surface area contributed by atoms with Crippen LogP contribution in [0.4, 0.5) is 18.9 Å². The summed E-state index contributed by atoms with van der Waals surface area (Å²) in [5.41, 5.74) is -1.39. The molecule has 1 rings (SSSR count). The van der Waals surface area contributed by atoms with Gasteiger partial charge in [-0.1, -0.05) is 20.8 Å². The monoisotopic (exact) mass is 244 g/mol. The third kappa shape index (κ3) is 3.76. The Morgan fingerprint density at radius 2 is 1.82 bits per heavy atom. The molecule has 1 amide bonds. The molecule has 93 valence electrons. The molecule has 0 aliphatic carbocycles. The highest BCUT2D eigenvalue weighted by Gasteiger charge is 2.31. The highest BCUT2D eigenvalue weighted by Crippen LogP contribution is 2.30. The highest BCUT2D eigenvalue weighted by molar-refractivity contribution is 5.94. The van der Waals surface area contributed by atoms with Gasteiger partial charge in [0.15, 0.2) is 0 Å². The van der Waals surface area contributed by atoms with Gasteiger partial charge in [0.25, 0.3) is 0 Å². The number of alkyl halides is 3. The van der Waals surface area contributed by atoms with Crippen LogP contribution in [0.1, 0.15) is 26.3 Å². The first-order chi connectivity index (χ1) is 7.60. The second-order valence-electron chi connectivity index (χ2n) is 4.71. The van der Waals surface area contributed by atoms with Gasteiger partial charge in [0.2, 0.25) is 5.91 Å². The molecule has 0 aliphatic heterocycles. The molecule has 0 saturated carbocycles. The molecule has 0 aliphatic rings. The maximum absolute atomic E-state index is 12.4. The lowest BCUT2D eigenvalue weighted by atomic mass is 9.95. The summed E-state index contributed by atoms with van der Waals surface area (Å²) in [6.07, 6.45) is -4.43. The lowest BCUT2D eigenvalue weighted by Gasteiger charge is -2.18. The molecule has 0 bridgehead atoms. The van der Waals surface area contributed by atoms with Crippen LogP contribution in [0.2, 0.25) is 0 Å². The molecule has 0 fully saturated rings. The highest BCUT2D eigenvalue weighted by atomic mass is 19.4. The molecule has 0 atom stereocenters. The second-order valence-corrected chi connectivity index (χ2v) is 4.71. The van der Waals surface area contributed by atoms with Gasteiger partial charge in [0.1, 0.15) is 0 Å². The molecule has 1 aromatic rings. The van der Waals surface area contributed by atoms with Crippen LogP contribution >= 0.6 is 0 Å². The van der Waals surface area contributed by atoms with Crippen LogP contribution in [-0.2, 0) is 11.0 Å². The van der Waals surface area contributed by atoms with E-state index in [1.807, 2.05) is 0 Å². The van der Waals surface area contributed by atoms with Crippen molar-refractivity contribution in [3.63, 3.8) is 0 Å². The lowest BCUT2D eigenvalue weighted by Crippen LogP contribution is -2.27. The third-order valence-corrected chi connectivity index (χ3v) is 2.06.